The Morgan fingerprint density at radius 3 is 2.90 bits per heavy atom. The number of benzene rings is 1. The molecule has 0 bridgehead atoms. The normalized spacial score (nSPS) is 11.5. The van der Waals surface area contributed by atoms with Gasteiger partial charge in [-0.05, 0) is 31.0 Å². The van der Waals surface area contributed by atoms with Gasteiger partial charge < -0.3 is 10.6 Å². The van der Waals surface area contributed by atoms with Crippen molar-refractivity contribution in [1.82, 2.24) is 15.6 Å². The van der Waals surface area contributed by atoms with Gasteiger partial charge in [-0.2, -0.15) is 0 Å². The molecule has 1 heterocycles. The molecular formula is C15H19FN4S. The van der Waals surface area contributed by atoms with E-state index >= 15 is 0 Å². The number of thiazole rings is 1. The lowest BCUT2D eigenvalue weighted by atomic mass is 10.1. The summed E-state index contributed by atoms with van der Waals surface area (Å²) >= 11 is 1.66. The van der Waals surface area contributed by atoms with Crippen LogP contribution in [0.1, 0.15) is 15.4 Å². The van der Waals surface area contributed by atoms with Crippen molar-refractivity contribution >= 4 is 17.3 Å². The molecule has 0 aliphatic carbocycles. The van der Waals surface area contributed by atoms with Crippen LogP contribution in [0, 0.1) is 12.7 Å². The zero-order chi connectivity index (χ0) is 15.1. The van der Waals surface area contributed by atoms with Gasteiger partial charge >= 0.3 is 0 Å². The topological polar surface area (TPSA) is 49.3 Å². The van der Waals surface area contributed by atoms with E-state index in [1.165, 1.54) is 10.9 Å². The summed E-state index contributed by atoms with van der Waals surface area (Å²) in [6.45, 7) is 3.39. The maximum atomic E-state index is 13.1. The Morgan fingerprint density at radius 2 is 2.24 bits per heavy atom. The minimum absolute atomic E-state index is 0.199. The van der Waals surface area contributed by atoms with Crippen LogP contribution < -0.4 is 10.6 Å². The van der Waals surface area contributed by atoms with Crippen LogP contribution >= 0.6 is 11.3 Å². The Bertz CT molecular complexity index is 609. The average molecular weight is 306 g/mol. The second-order valence-electron chi connectivity index (χ2n) is 4.58. The fourth-order valence-corrected chi connectivity index (χ4v) is 2.63. The monoisotopic (exact) mass is 306 g/mol. The lowest BCUT2D eigenvalue weighted by Crippen LogP contribution is -2.37. The van der Waals surface area contributed by atoms with Gasteiger partial charge in [0.25, 0.3) is 0 Å². The first-order valence-corrected chi connectivity index (χ1v) is 7.59. The third kappa shape index (κ3) is 5.15. The van der Waals surface area contributed by atoms with E-state index in [9.17, 15) is 4.39 Å². The number of halogens is 1. The van der Waals surface area contributed by atoms with E-state index in [-0.39, 0.29) is 5.82 Å². The van der Waals surface area contributed by atoms with Gasteiger partial charge in [0.15, 0.2) is 5.96 Å². The maximum Gasteiger partial charge on any atom is 0.191 e. The number of guanidine groups is 1. The second-order valence-corrected chi connectivity index (χ2v) is 5.90. The van der Waals surface area contributed by atoms with Crippen LogP contribution in [0.3, 0.4) is 0 Å². The summed E-state index contributed by atoms with van der Waals surface area (Å²) in [7, 11) is 1.73. The molecule has 0 saturated heterocycles. The first kappa shape index (κ1) is 15.4. The van der Waals surface area contributed by atoms with Gasteiger partial charge in [0.05, 0.1) is 11.6 Å². The third-order valence-electron chi connectivity index (χ3n) is 2.92. The fraction of sp³-hybridized carbons (Fsp3) is 0.333. The van der Waals surface area contributed by atoms with Crippen LogP contribution in [0.15, 0.2) is 35.5 Å². The summed E-state index contributed by atoms with van der Waals surface area (Å²) in [5, 5.41) is 7.50. The maximum absolute atomic E-state index is 13.1. The molecule has 0 spiro atoms. The molecule has 0 amide bonds. The van der Waals surface area contributed by atoms with Gasteiger partial charge in [-0.3, -0.25) is 4.99 Å². The number of nitrogens with one attached hydrogen (secondary N) is 2. The van der Waals surface area contributed by atoms with Crippen molar-refractivity contribution in [2.45, 2.75) is 19.9 Å². The molecule has 1 aromatic heterocycles. The van der Waals surface area contributed by atoms with E-state index in [2.05, 4.69) is 20.6 Å². The number of hydrogen-bond acceptors (Lipinski definition) is 3. The molecule has 0 aliphatic heterocycles. The predicted octanol–water partition coefficient (Wildman–Crippen LogP) is 2.50. The standard InChI is InChI=1S/C15H19FN4S/c1-11-19-9-14(21-11)10-20-15(17-2)18-7-6-12-4-3-5-13(16)8-12/h3-5,8-9H,6-7,10H2,1-2H3,(H2,17,18,20). The van der Waals surface area contributed by atoms with Crippen LogP contribution in [0.5, 0.6) is 0 Å². The molecule has 0 aliphatic rings. The van der Waals surface area contributed by atoms with E-state index in [0.29, 0.717) is 13.1 Å². The van der Waals surface area contributed by atoms with Gasteiger partial charge in [-0.15, -0.1) is 11.3 Å². The second kappa shape index (κ2) is 7.73. The zero-order valence-corrected chi connectivity index (χ0v) is 13.0. The van der Waals surface area contributed by atoms with E-state index in [0.717, 1.165) is 23.0 Å². The van der Waals surface area contributed by atoms with Crippen LogP contribution in [-0.2, 0) is 13.0 Å². The Kier molecular flexibility index (Phi) is 5.68. The highest BCUT2D eigenvalue weighted by molar-refractivity contribution is 7.11. The molecule has 2 aromatic rings. The van der Waals surface area contributed by atoms with E-state index in [1.807, 2.05) is 19.2 Å². The zero-order valence-electron chi connectivity index (χ0n) is 12.2. The largest absolute Gasteiger partial charge is 0.356 e. The lowest BCUT2D eigenvalue weighted by molar-refractivity contribution is 0.625. The smallest absolute Gasteiger partial charge is 0.191 e. The summed E-state index contributed by atoms with van der Waals surface area (Å²) in [5.74, 6) is 0.535. The molecule has 1 aromatic carbocycles. The van der Waals surface area contributed by atoms with Crippen molar-refractivity contribution in [3.05, 3.63) is 51.7 Å². The van der Waals surface area contributed by atoms with E-state index < -0.39 is 0 Å². The summed E-state index contributed by atoms with van der Waals surface area (Å²) in [6, 6.07) is 6.65. The molecule has 21 heavy (non-hydrogen) atoms. The van der Waals surface area contributed by atoms with E-state index in [1.54, 1.807) is 30.5 Å². The molecule has 0 atom stereocenters. The highest BCUT2D eigenvalue weighted by Gasteiger charge is 2.01. The van der Waals surface area contributed by atoms with Gasteiger partial charge in [0.1, 0.15) is 5.82 Å². The molecule has 0 unspecified atom stereocenters. The van der Waals surface area contributed by atoms with Gasteiger partial charge in [0.2, 0.25) is 0 Å². The number of hydrogen-bond donors (Lipinski definition) is 2. The van der Waals surface area contributed by atoms with Crippen molar-refractivity contribution < 1.29 is 4.39 Å². The van der Waals surface area contributed by atoms with E-state index in [4.69, 9.17) is 0 Å². The summed E-state index contributed by atoms with van der Waals surface area (Å²) in [5.41, 5.74) is 0.969. The Hall–Kier alpha value is -1.95. The summed E-state index contributed by atoms with van der Waals surface area (Å²) in [4.78, 5) is 9.54. The van der Waals surface area contributed by atoms with Crippen LogP contribution in [0.2, 0.25) is 0 Å². The van der Waals surface area contributed by atoms with Crippen LogP contribution in [-0.4, -0.2) is 24.5 Å². The molecule has 112 valence electrons. The molecule has 2 N–H and O–H groups in total. The van der Waals surface area contributed by atoms with Gasteiger partial charge in [0, 0.05) is 24.7 Å². The van der Waals surface area contributed by atoms with Crippen molar-refractivity contribution in [1.29, 1.82) is 0 Å². The van der Waals surface area contributed by atoms with Crippen LogP contribution in [0.4, 0.5) is 4.39 Å². The Balaban J connectivity index is 1.75. The molecule has 0 saturated carbocycles. The first-order chi connectivity index (χ1) is 10.2. The minimum Gasteiger partial charge on any atom is -0.356 e. The minimum atomic E-state index is -0.199. The predicted molar refractivity (Wildman–Crippen MR) is 85.2 cm³/mol. The summed E-state index contributed by atoms with van der Waals surface area (Å²) in [6.07, 6.45) is 2.62. The third-order valence-corrected chi connectivity index (χ3v) is 3.83. The Morgan fingerprint density at radius 1 is 1.38 bits per heavy atom. The summed E-state index contributed by atoms with van der Waals surface area (Å²) < 4.78 is 13.1. The van der Waals surface area contributed by atoms with Gasteiger partial charge in [-0.1, -0.05) is 12.1 Å². The fourth-order valence-electron chi connectivity index (χ4n) is 1.90. The lowest BCUT2D eigenvalue weighted by Gasteiger charge is -2.11. The highest BCUT2D eigenvalue weighted by atomic mass is 32.1. The SMILES string of the molecule is CN=C(NCCc1cccc(F)c1)NCc1cnc(C)s1. The molecule has 0 radical (unpaired) electrons. The molecule has 0 fully saturated rings. The van der Waals surface area contributed by atoms with Crippen LogP contribution in [0.25, 0.3) is 0 Å². The molecular weight excluding hydrogens is 287 g/mol. The number of aryl methyl sites for hydroxylation is 1. The van der Waals surface area contributed by atoms with Crippen molar-refractivity contribution in [3.63, 3.8) is 0 Å². The number of rotatable bonds is 5. The number of aliphatic imine (C=N–C) groups is 1. The molecule has 2 rings (SSSR count). The highest BCUT2D eigenvalue weighted by Crippen LogP contribution is 2.10. The van der Waals surface area contributed by atoms with Crippen molar-refractivity contribution in [3.8, 4) is 0 Å². The Labute approximate surface area is 128 Å². The molecule has 4 nitrogen and oxygen atoms in total. The molecule has 6 heteroatoms. The average Bonchev–Trinajstić information content (AvgIpc) is 2.88. The quantitative estimate of drug-likeness (QED) is 0.659. The number of aromatic nitrogens is 1. The van der Waals surface area contributed by atoms with Crippen molar-refractivity contribution in [2.24, 2.45) is 4.99 Å². The number of nitrogens with zero attached hydrogens (tertiary/aromatic N) is 2. The van der Waals surface area contributed by atoms with Gasteiger partial charge in [-0.25, -0.2) is 9.37 Å². The van der Waals surface area contributed by atoms with Crippen molar-refractivity contribution in [2.75, 3.05) is 13.6 Å². The first-order valence-electron chi connectivity index (χ1n) is 6.77.